The van der Waals surface area contributed by atoms with Crippen molar-refractivity contribution in [1.29, 1.82) is 0 Å². The first-order valence-electron chi connectivity index (χ1n) is 7.89. The van der Waals surface area contributed by atoms with Gasteiger partial charge in [-0.25, -0.2) is 0 Å². The van der Waals surface area contributed by atoms with Gasteiger partial charge in [0.2, 0.25) is 0 Å². The van der Waals surface area contributed by atoms with Crippen molar-refractivity contribution in [2.75, 3.05) is 7.11 Å². The van der Waals surface area contributed by atoms with Gasteiger partial charge in [0.15, 0.2) is 0 Å². The van der Waals surface area contributed by atoms with Gasteiger partial charge in [0.05, 0.1) is 23.2 Å². The molecule has 0 radical (unpaired) electrons. The predicted molar refractivity (Wildman–Crippen MR) is 83.6 cm³/mol. The van der Waals surface area contributed by atoms with Gasteiger partial charge >= 0.3 is 0 Å². The highest BCUT2D eigenvalue weighted by Crippen LogP contribution is 2.35. The molecule has 0 amide bonds. The highest BCUT2D eigenvalue weighted by molar-refractivity contribution is 6.20. The van der Waals surface area contributed by atoms with Crippen LogP contribution < -0.4 is 0 Å². The zero-order chi connectivity index (χ0) is 14.7. The molecule has 0 spiro atoms. The number of halogens is 1. The number of hydrogen-bond acceptors (Lipinski definition) is 2. The van der Waals surface area contributed by atoms with E-state index in [1.807, 2.05) is 7.11 Å². The molecule has 0 aliphatic heterocycles. The van der Waals surface area contributed by atoms with Gasteiger partial charge in [0, 0.05) is 18.4 Å². The molecule has 0 aromatic carbocycles. The van der Waals surface area contributed by atoms with Gasteiger partial charge in [-0.2, -0.15) is 5.10 Å². The zero-order valence-electron chi connectivity index (χ0n) is 13.2. The molecule has 0 bridgehead atoms. The third-order valence-electron chi connectivity index (χ3n) is 4.47. The maximum absolute atomic E-state index is 6.40. The van der Waals surface area contributed by atoms with Crippen LogP contribution >= 0.6 is 11.6 Å². The summed E-state index contributed by atoms with van der Waals surface area (Å²) in [5.74, 6) is 0. The van der Waals surface area contributed by atoms with Crippen molar-refractivity contribution in [3.63, 3.8) is 0 Å². The van der Waals surface area contributed by atoms with E-state index in [1.165, 1.54) is 36.2 Å². The summed E-state index contributed by atoms with van der Waals surface area (Å²) in [7, 11) is 1.82. The Balaban J connectivity index is 2.35. The molecule has 1 heterocycles. The minimum Gasteiger partial charge on any atom is -0.381 e. The van der Waals surface area contributed by atoms with Gasteiger partial charge < -0.3 is 4.74 Å². The second kappa shape index (κ2) is 6.95. The molecule has 1 saturated carbocycles. The van der Waals surface area contributed by atoms with E-state index in [1.54, 1.807) is 0 Å². The molecule has 0 saturated heterocycles. The number of alkyl halides is 1. The fourth-order valence-corrected chi connectivity index (χ4v) is 3.72. The van der Waals surface area contributed by atoms with Crippen LogP contribution in [0.1, 0.15) is 74.8 Å². The Bertz CT molecular complexity index is 442. The summed E-state index contributed by atoms with van der Waals surface area (Å²) in [5.41, 5.74) is 3.76. The Labute approximate surface area is 127 Å². The lowest BCUT2D eigenvalue weighted by Gasteiger charge is -2.29. The number of aromatic nitrogens is 2. The lowest BCUT2D eigenvalue weighted by atomic mass is 9.92. The average Bonchev–Trinajstić information content (AvgIpc) is 2.86. The largest absolute Gasteiger partial charge is 0.381 e. The standard InChI is InChI=1S/C16H27ClN2O/c1-5-14-16(11(3)17)15(6-2)19(18-14)12-8-7-9-13(10-12)20-4/h11-13H,5-10H2,1-4H3. The van der Waals surface area contributed by atoms with Crippen LogP contribution in [0.15, 0.2) is 0 Å². The molecule has 3 unspecified atom stereocenters. The van der Waals surface area contributed by atoms with Gasteiger partial charge in [0.1, 0.15) is 0 Å². The van der Waals surface area contributed by atoms with Gasteiger partial charge in [-0.3, -0.25) is 4.68 Å². The fourth-order valence-electron chi connectivity index (χ4n) is 3.47. The van der Waals surface area contributed by atoms with E-state index in [-0.39, 0.29) is 5.38 Å². The van der Waals surface area contributed by atoms with E-state index < -0.39 is 0 Å². The molecule has 2 rings (SSSR count). The Hall–Kier alpha value is -0.540. The minimum atomic E-state index is 0.0375. The Morgan fingerprint density at radius 3 is 2.65 bits per heavy atom. The van der Waals surface area contributed by atoms with E-state index in [0.717, 1.165) is 19.3 Å². The third-order valence-corrected chi connectivity index (χ3v) is 4.69. The van der Waals surface area contributed by atoms with Crippen LogP contribution in [0.25, 0.3) is 0 Å². The first-order valence-corrected chi connectivity index (χ1v) is 8.32. The van der Waals surface area contributed by atoms with E-state index in [2.05, 4.69) is 25.5 Å². The molecule has 3 nitrogen and oxygen atoms in total. The molecule has 114 valence electrons. The Morgan fingerprint density at radius 1 is 1.35 bits per heavy atom. The van der Waals surface area contributed by atoms with Crippen LogP contribution in [-0.4, -0.2) is 23.0 Å². The van der Waals surface area contributed by atoms with Gasteiger partial charge in [-0.15, -0.1) is 11.6 Å². The van der Waals surface area contributed by atoms with Crippen LogP contribution in [0.4, 0.5) is 0 Å². The molecule has 1 fully saturated rings. The molecule has 1 aliphatic rings. The highest BCUT2D eigenvalue weighted by atomic mass is 35.5. The molecular weight excluding hydrogens is 272 g/mol. The second-order valence-corrected chi connectivity index (χ2v) is 6.41. The first kappa shape index (κ1) is 15.8. The van der Waals surface area contributed by atoms with Crippen molar-refractivity contribution in [2.45, 2.75) is 76.8 Å². The molecule has 1 aromatic heterocycles. The summed E-state index contributed by atoms with van der Waals surface area (Å²) in [6.07, 6.45) is 7.00. The normalized spacial score (nSPS) is 24.9. The van der Waals surface area contributed by atoms with E-state index in [9.17, 15) is 0 Å². The number of rotatable bonds is 5. The predicted octanol–water partition coefficient (Wildman–Crippen LogP) is 4.44. The highest BCUT2D eigenvalue weighted by Gasteiger charge is 2.28. The SMILES string of the molecule is CCc1nn(C2CCCC(OC)C2)c(CC)c1C(C)Cl. The fraction of sp³-hybridized carbons (Fsp3) is 0.812. The third kappa shape index (κ3) is 3.04. The number of methoxy groups -OCH3 is 1. The molecule has 3 atom stereocenters. The van der Waals surface area contributed by atoms with Crippen molar-refractivity contribution >= 4 is 11.6 Å². The topological polar surface area (TPSA) is 27.1 Å². The summed E-state index contributed by atoms with van der Waals surface area (Å²) < 4.78 is 7.82. The second-order valence-electron chi connectivity index (χ2n) is 5.75. The maximum atomic E-state index is 6.40. The Morgan fingerprint density at radius 2 is 2.10 bits per heavy atom. The number of aryl methyl sites for hydroxylation is 1. The molecule has 4 heteroatoms. The van der Waals surface area contributed by atoms with Crippen molar-refractivity contribution in [3.05, 3.63) is 17.0 Å². The van der Waals surface area contributed by atoms with Crippen molar-refractivity contribution in [3.8, 4) is 0 Å². The van der Waals surface area contributed by atoms with Crippen LogP contribution in [0, 0.1) is 0 Å². The van der Waals surface area contributed by atoms with Gasteiger partial charge in [0.25, 0.3) is 0 Å². The number of hydrogen-bond donors (Lipinski definition) is 0. The average molecular weight is 299 g/mol. The summed E-state index contributed by atoms with van der Waals surface area (Å²) in [6.45, 7) is 6.42. The summed E-state index contributed by atoms with van der Waals surface area (Å²) in [5, 5.41) is 4.93. The van der Waals surface area contributed by atoms with Crippen molar-refractivity contribution in [1.82, 2.24) is 9.78 Å². The minimum absolute atomic E-state index is 0.0375. The zero-order valence-corrected chi connectivity index (χ0v) is 13.9. The van der Waals surface area contributed by atoms with Crippen LogP contribution in [0.5, 0.6) is 0 Å². The number of ether oxygens (including phenoxy) is 1. The Kier molecular flexibility index (Phi) is 5.50. The van der Waals surface area contributed by atoms with Crippen molar-refractivity contribution < 1.29 is 4.74 Å². The summed E-state index contributed by atoms with van der Waals surface area (Å²) in [6, 6.07) is 0.470. The van der Waals surface area contributed by atoms with Gasteiger partial charge in [-0.05, 0) is 45.4 Å². The van der Waals surface area contributed by atoms with Crippen LogP contribution in [0.3, 0.4) is 0 Å². The summed E-state index contributed by atoms with van der Waals surface area (Å²) >= 11 is 6.40. The quantitative estimate of drug-likeness (QED) is 0.752. The smallest absolute Gasteiger partial charge is 0.0671 e. The number of nitrogens with zero attached hydrogens (tertiary/aromatic N) is 2. The molecule has 20 heavy (non-hydrogen) atoms. The lowest BCUT2D eigenvalue weighted by Crippen LogP contribution is -2.26. The van der Waals surface area contributed by atoms with Crippen LogP contribution in [-0.2, 0) is 17.6 Å². The summed E-state index contributed by atoms with van der Waals surface area (Å²) in [4.78, 5) is 0. The molecule has 1 aliphatic carbocycles. The van der Waals surface area contributed by atoms with Crippen LogP contribution in [0.2, 0.25) is 0 Å². The van der Waals surface area contributed by atoms with E-state index >= 15 is 0 Å². The van der Waals surface area contributed by atoms with E-state index in [0.29, 0.717) is 12.1 Å². The maximum Gasteiger partial charge on any atom is 0.0671 e. The van der Waals surface area contributed by atoms with Gasteiger partial charge in [-0.1, -0.05) is 13.8 Å². The molecule has 1 aromatic rings. The lowest BCUT2D eigenvalue weighted by molar-refractivity contribution is 0.0502. The first-order chi connectivity index (χ1) is 9.62. The van der Waals surface area contributed by atoms with Crippen molar-refractivity contribution in [2.24, 2.45) is 0 Å². The molecule has 0 N–H and O–H groups in total. The monoisotopic (exact) mass is 298 g/mol. The van der Waals surface area contributed by atoms with E-state index in [4.69, 9.17) is 21.4 Å². The molecular formula is C16H27ClN2O.